The fourth-order valence-corrected chi connectivity index (χ4v) is 6.87. The van der Waals surface area contributed by atoms with Crippen molar-refractivity contribution in [3.63, 3.8) is 0 Å². The Morgan fingerprint density at radius 2 is 1.66 bits per heavy atom. The summed E-state index contributed by atoms with van der Waals surface area (Å²) in [7, 11) is 0. The number of esters is 1. The Kier molecular flexibility index (Phi) is 5.43. The highest BCUT2D eigenvalue weighted by molar-refractivity contribution is 5.91. The summed E-state index contributed by atoms with van der Waals surface area (Å²) in [6.07, 6.45) is 18.9. The Morgan fingerprint density at radius 1 is 1.03 bits per heavy atom. The second-order valence-corrected chi connectivity index (χ2v) is 11.5. The molecule has 4 fully saturated rings. The molecule has 4 aliphatic rings. The molecule has 0 amide bonds. The van der Waals surface area contributed by atoms with Crippen LogP contribution in [0.3, 0.4) is 0 Å². The number of hydrogen-bond donors (Lipinski definition) is 0. The first-order valence-corrected chi connectivity index (χ1v) is 12.1. The molecule has 0 spiro atoms. The van der Waals surface area contributed by atoms with E-state index in [4.69, 9.17) is 4.74 Å². The van der Waals surface area contributed by atoms with Crippen LogP contribution in [0.5, 0.6) is 0 Å². The van der Waals surface area contributed by atoms with Crippen LogP contribution in [0.15, 0.2) is 36.9 Å². The van der Waals surface area contributed by atoms with Gasteiger partial charge in [0.1, 0.15) is 11.9 Å². The zero-order chi connectivity index (χ0) is 22.3. The Morgan fingerprint density at radius 3 is 2.25 bits per heavy atom. The molecule has 4 saturated carbocycles. The Balaban J connectivity index is 1.46. The minimum absolute atomic E-state index is 0.267. The normalized spacial score (nSPS) is 28.9. The first-order chi connectivity index (χ1) is 15.3. The van der Waals surface area contributed by atoms with Gasteiger partial charge in [0, 0.05) is 18.0 Å². The van der Waals surface area contributed by atoms with E-state index in [1.165, 1.54) is 44.1 Å². The van der Waals surface area contributed by atoms with Gasteiger partial charge in [-0.1, -0.05) is 18.2 Å². The van der Waals surface area contributed by atoms with Crippen molar-refractivity contribution in [3.8, 4) is 0 Å². The average Bonchev–Trinajstić information content (AvgIpc) is 2.71. The third-order valence-corrected chi connectivity index (χ3v) is 7.55. The minimum Gasteiger partial charge on any atom is -0.456 e. The lowest BCUT2D eigenvalue weighted by Gasteiger charge is -2.57. The van der Waals surface area contributed by atoms with Gasteiger partial charge in [0.05, 0.1) is 5.56 Å². The molecule has 0 aliphatic heterocycles. The van der Waals surface area contributed by atoms with Crippen molar-refractivity contribution in [2.75, 3.05) is 0 Å². The highest BCUT2D eigenvalue weighted by Gasteiger charge is 2.50. The van der Waals surface area contributed by atoms with Crippen molar-refractivity contribution < 1.29 is 9.53 Å². The van der Waals surface area contributed by atoms with E-state index in [0.29, 0.717) is 11.0 Å². The fourth-order valence-electron chi connectivity index (χ4n) is 6.87. The lowest BCUT2D eigenvalue weighted by atomic mass is 9.48. The average molecular weight is 431 g/mol. The van der Waals surface area contributed by atoms with Crippen LogP contribution in [0.4, 0.5) is 0 Å². The van der Waals surface area contributed by atoms with Crippen molar-refractivity contribution >= 4 is 18.1 Å². The Labute approximate surface area is 191 Å². The van der Waals surface area contributed by atoms with Crippen molar-refractivity contribution in [1.82, 2.24) is 9.97 Å². The van der Waals surface area contributed by atoms with Gasteiger partial charge in [0.15, 0.2) is 0 Å². The highest BCUT2D eigenvalue weighted by Crippen LogP contribution is 2.61. The molecule has 0 radical (unpaired) electrons. The molecule has 0 unspecified atom stereocenters. The van der Waals surface area contributed by atoms with E-state index in [0.717, 1.165) is 35.3 Å². The summed E-state index contributed by atoms with van der Waals surface area (Å²) in [6.45, 7) is 5.72. The fraction of sp³-hybridized carbons (Fsp3) is 0.536. The third kappa shape index (κ3) is 4.65. The van der Waals surface area contributed by atoms with E-state index in [9.17, 15) is 4.79 Å². The highest BCUT2D eigenvalue weighted by atomic mass is 16.6. The Hall–Kier alpha value is -2.49. The van der Waals surface area contributed by atoms with Crippen LogP contribution in [0, 0.1) is 23.2 Å². The Bertz CT molecular complexity index is 984. The summed E-state index contributed by atoms with van der Waals surface area (Å²) in [4.78, 5) is 21.0. The second-order valence-electron chi connectivity index (χ2n) is 11.5. The zero-order valence-electron chi connectivity index (χ0n) is 19.5. The molecule has 168 valence electrons. The molecule has 0 N–H and O–H groups in total. The molecule has 4 heteroatoms. The number of benzene rings is 1. The predicted molar refractivity (Wildman–Crippen MR) is 127 cm³/mol. The summed E-state index contributed by atoms with van der Waals surface area (Å²) in [5.41, 5.74) is 3.95. The third-order valence-electron chi connectivity index (χ3n) is 7.55. The maximum Gasteiger partial charge on any atom is 0.338 e. The van der Waals surface area contributed by atoms with Gasteiger partial charge >= 0.3 is 5.97 Å². The maximum absolute atomic E-state index is 12.7. The standard InChI is InChI=1S/C28H34N2O2/c1-27(2,3)32-26(31)24-6-7-25(23(11-24)5-4-19-16-29-18-30-17-19)15-28-12-20-8-21(13-28)10-22(9-20)14-28/h4-7,11,16-18,20-22H,8-10,12-15H2,1-3H3/b5-4-. The molecule has 4 nitrogen and oxygen atoms in total. The van der Waals surface area contributed by atoms with Crippen molar-refractivity contribution in [3.05, 3.63) is 59.2 Å². The van der Waals surface area contributed by atoms with Gasteiger partial charge in [-0.05, 0) is 112 Å². The molecule has 4 aliphatic carbocycles. The number of nitrogens with zero attached hydrogens (tertiary/aromatic N) is 2. The molecule has 1 aromatic carbocycles. The number of carbonyl (C=O) groups is 1. The van der Waals surface area contributed by atoms with Crippen LogP contribution in [0.1, 0.15) is 86.3 Å². The van der Waals surface area contributed by atoms with E-state index in [2.05, 4.69) is 22.1 Å². The molecule has 2 aromatic rings. The molecule has 4 bridgehead atoms. The van der Waals surface area contributed by atoms with Crippen molar-refractivity contribution in [2.45, 2.75) is 71.3 Å². The molecule has 1 heterocycles. The van der Waals surface area contributed by atoms with Gasteiger partial charge in [0.25, 0.3) is 0 Å². The molecule has 32 heavy (non-hydrogen) atoms. The van der Waals surface area contributed by atoms with Gasteiger partial charge in [-0.15, -0.1) is 0 Å². The van der Waals surface area contributed by atoms with Gasteiger partial charge in [-0.3, -0.25) is 0 Å². The van der Waals surface area contributed by atoms with E-state index >= 15 is 0 Å². The largest absolute Gasteiger partial charge is 0.456 e. The van der Waals surface area contributed by atoms with Crippen molar-refractivity contribution in [2.24, 2.45) is 23.2 Å². The van der Waals surface area contributed by atoms with E-state index in [1.807, 2.05) is 39.0 Å². The molecule has 6 rings (SSSR count). The quantitative estimate of drug-likeness (QED) is 0.518. The number of carbonyl (C=O) groups excluding carboxylic acids is 1. The summed E-state index contributed by atoms with van der Waals surface area (Å²) in [5, 5.41) is 0. The molecule has 0 saturated heterocycles. The van der Waals surface area contributed by atoms with Gasteiger partial charge < -0.3 is 4.74 Å². The lowest BCUT2D eigenvalue weighted by molar-refractivity contribution is -0.0522. The van der Waals surface area contributed by atoms with Gasteiger partial charge in [0.2, 0.25) is 0 Å². The van der Waals surface area contributed by atoms with Crippen molar-refractivity contribution in [1.29, 1.82) is 0 Å². The van der Waals surface area contributed by atoms with Crippen LogP contribution in [0.2, 0.25) is 0 Å². The maximum atomic E-state index is 12.7. The lowest BCUT2D eigenvalue weighted by Crippen LogP contribution is -2.47. The van der Waals surface area contributed by atoms with Crippen LogP contribution < -0.4 is 0 Å². The summed E-state index contributed by atoms with van der Waals surface area (Å²) >= 11 is 0. The summed E-state index contributed by atoms with van der Waals surface area (Å²) in [6, 6.07) is 6.12. The SMILES string of the molecule is CC(C)(C)OC(=O)c1ccc(CC23CC4CC(CC(C4)C2)C3)c(/C=C\c2cncnc2)c1. The first kappa shape index (κ1) is 21.4. The van der Waals surface area contributed by atoms with E-state index in [-0.39, 0.29) is 5.97 Å². The van der Waals surface area contributed by atoms with Crippen LogP contribution in [-0.4, -0.2) is 21.5 Å². The number of hydrogen-bond acceptors (Lipinski definition) is 4. The van der Waals surface area contributed by atoms with Gasteiger partial charge in [-0.25, -0.2) is 14.8 Å². The molecular formula is C28H34N2O2. The van der Waals surface area contributed by atoms with Crippen LogP contribution in [0.25, 0.3) is 12.2 Å². The smallest absolute Gasteiger partial charge is 0.338 e. The minimum atomic E-state index is -0.508. The zero-order valence-corrected chi connectivity index (χ0v) is 19.5. The molecular weight excluding hydrogens is 396 g/mol. The predicted octanol–water partition coefficient (Wildman–Crippen LogP) is 6.36. The monoisotopic (exact) mass is 430 g/mol. The summed E-state index contributed by atoms with van der Waals surface area (Å²) in [5.74, 6) is 2.53. The molecule has 1 aromatic heterocycles. The van der Waals surface area contributed by atoms with Gasteiger partial charge in [-0.2, -0.15) is 0 Å². The molecule has 0 atom stereocenters. The topological polar surface area (TPSA) is 52.1 Å². The number of aromatic nitrogens is 2. The van der Waals surface area contributed by atoms with Crippen LogP contribution >= 0.6 is 0 Å². The number of rotatable bonds is 5. The second kappa shape index (κ2) is 8.13. The van der Waals surface area contributed by atoms with E-state index < -0.39 is 5.60 Å². The first-order valence-electron chi connectivity index (χ1n) is 12.1. The summed E-state index contributed by atoms with van der Waals surface area (Å²) < 4.78 is 5.63. The van der Waals surface area contributed by atoms with E-state index in [1.54, 1.807) is 18.7 Å². The number of ether oxygens (including phenoxy) is 1. The van der Waals surface area contributed by atoms with Crippen LogP contribution in [-0.2, 0) is 11.2 Å².